The van der Waals surface area contributed by atoms with E-state index in [0.717, 1.165) is 27.1 Å². The van der Waals surface area contributed by atoms with Crippen LogP contribution in [-0.4, -0.2) is 22.4 Å². The highest BCUT2D eigenvalue weighted by molar-refractivity contribution is 9.10. The number of ether oxygens (including phenoxy) is 1. The van der Waals surface area contributed by atoms with Crippen molar-refractivity contribution in [2.24, 2.45) is 5.16 Å². The molecule has 0 amide bonds. The summed E-state index contributed by atoms with van der Waals surface area (Å²) in [6.45, 7) is 0.935. The predicted molar refractivity (Wildman–Crippen MR) is 108 cm³/mol. The zero-order valence-electron chi connectivity index (χ0n) is 15.1. The molecule has 1 unspecified atom stereocenters. The molecule has 9 nitrogen and oxygen atoms in total. The molecule has 1 aliphatic heterocycles. The monoisotopic (exact) mass is 460 g/mol. The van der Waals surface area contributed by atoms with Gasteiger partial charge in [0.15, 0.2) is 6.04 Å². The van der Waals surface area contributed by atoms with E-state index >= 15 is 0 Å². The summed E-state index contributed by atoms with van der Waals surface area (Å²) in [6, 6.07) is 15.9. The second-order valence-electron chi connectivity index (χ2n) is 5.98. The Bertz CT molecular complexity index is 973. The molecule has 29 heavy (non-hydrogen) atoms. The third-order valence-electron chi connectivity index (χ3n) is 4.11. The molecule has 150 valence electrons. The van der Waals surface area contributed by atoms with Crippen LogP contribution in [0.3, 0.4) is 0 Å². The maximum atomic E-state index is 8.25. The lowest BCUT2D eigenvalue weighted by Gasteiger charge is -2.24. The molecule has 1 N–H and O–H groups in total. The minimum absolute atomic E-state index is 0.0360. The molecule has 2 heterocycles. The van der Waals surface area contributed by atoms with E-state index in [9.17, 15) is 0 Å². The summed E-state index contributed by atoms with van der Waals surface area (Å²) in [5.74, 6) is 0.834. The first kappa shape index (κ1) is 20.3. The average molecular weight is 461 g/mol. The molecule has 0 aliphatic carbocycles. The van der Waals surface area contributed by atoms with Crippen LogP contribution >= 0.6 is 15.9 Å². The maximum absolute atomic E-state index is 8.25. The number of oxime groups is 1. The molecule has 4 rings (SSSR count). The van der Waals surface area contributed by atoms with Gasteiger partial charge in [0, 0.05) is 10.0 Å². The van der Waals surface area contributed by atoms with Gasteiger partial charge in [0.2, 0.25) is 6.33 Å². The number of nitrogens with one attached hydrogen (secondary N) is 1. The Morgan fingerprint density at radius 3 is 2.66 bits per heavy atom. The van der Waals surface area contributed by atoms with Crippen molar-refractivity contribution in [3.63, 3.8) is 0 Å². The molecular formula is C19H17BrN4O5. The normalized spacial score (nSPS) is 16.2. The van der Waals surface area contributed by atoms with Gasteiger partial charge in [0.05, 0.1) is 5.09 Å². The summed E-state index contributed by atoms with van der Waals surface area (Å²) >= 11 is 3.44. The Kier molecular flexibility index (Phi) is 6.80. The summed E-state index contributed by atoms with van der Waals surface area (Å²) in [4.78, 5) is 17.0. The maximum Gasteiger partial charge on any atom is 0.242 e. The fourth-order valence-corrected chi connectivity index (χ4v) is 3.08. The summed E-state index contributed by atoms with van der Waals surface area (Å²) in [6.07, 6.45) is 5.74. The molecule has 0 saturated heterocycles. The number of aromatic amines is 1. The van der Waals surface area contributed by atoms with Crippen molar-refractivity contribution < 1.29 is 19.2 Å². The lowest BCUT2D eigenvalue weighted by atomic mass is 10.00. The van der Waals surface area contributed by atoms with Crippen LogP contribution in [0.25, 0.3) is 0 Å². The van der Waals surface area contributed by atoms with Crippen molar-refractivity contribution in [1.29, 1.82) is 0 Å². The number of H-pyrrole nitrogens is 1. The smallest absolute Gasteiger partial charge is 0.242 e. The third kappa shape index (κ3) is 5.55. The summed E-state index contributed by atoms with van der Waals surface area (Å²) in [5.41, 5.74) is 2.89. The Balaban J connectivity index is 0.000000552. The molecule has 0 fully saturated rings. The molecule has 3 aromatic rings. The van der Waals surface area contributed by atoms with Crippen molar-refractivity contribution in [3.8, 4) is 5.75 Å². The van der Waals surface area contributed by atoms with Crippen molar-refractivity contribution in [1.82, 2.24) is 4.98 Å². The van der Waals surface area contributed by atoms with Crippen LogP contribution in [0.2, 0.25) is 0 Å². The van der Waals surface area contributed by atoms with Crippen LogP contribution in [-0.2, 0) is 11.4 Å². The van der Waals surface area contributed by atoms with Gasteiger partial charge >= 0.3 is 0 Å². The van der Waals surface area contributed by atoms with Gasteiger partial charge in [-0.15, -0.1) is 0 Å². The van der Waals surface area contributed by atoms with Crippen LogP contribution in [0.1, 0.15) is 17.2 Å². The van der Waals surface area contributed by atoms with E-state index in [1.807, 2.05) is 71.8 Å². The molecule has 1 aliphatic rings. The van der Waals surface area contributed by atoms with Crippen molar-refractivity contribution in [2.45, 2.75) is 12.6 Å². The standard InChI is InChI=1S/C19H16BrN3O2.NO3/c20-15-7-5-14(6-8-15)11-25-22-19-16-3-1-2-4-18(16)24-12-17(19)23-10-9-21-13-23;2-1(3)4/h1-10,13,17H,11-12H2;/q;-1/p+1/b22-19-;. The van der Waals surface area contributed by atoms with Gasteiger partial charge in [-0.05, 0) is 29.8 Å². The molecule has 0 bridgehead atoms. The highest BCUT2D eigenvalue weighted by Crippen LogP contribution is 2.28. The minimum Gasteiger partial charge on any atom is -0.488 e. The number of rotatable bonds is 4. The number of nitrogens with zero attached hydrogens (tertiary/aromatic N) is 3. The molecule has 1 atom stereocenters. The molecule has 2 aromatic carbocycles. The van der Waals surface area contributed by atoms with E-state index in [4.69, 9.17) is 24.9 Å². The summed E-state index contributed by atoms with van der Waals surface area (Å²) < 4.78 is 8.98. The Hall–Kier alpha value is -3.40. The van der Waals surface area contributed by atoms with Crippen molar-refractivity contribution >= 4 is 21.6 Å². The molecule has 0 saturated carbocycles. The number of imidazole rings is 1. The van der Waals surface area contributed by atoms with Gasteiger partial charge in [0.25, 0.3) is 0 Å². The van der Waals surface area contributed by atoms with Crippen molar-refractivity contribution in [3.05, 3.63) is 98.2 Å². The summed E-state index contributed by atoms with van der Waals surface area (Å²) in [5, 5.41) is 19.2. The minimum atomic E-state index is -1.75. The van der Waals surface area contributed by atoms with Gasteiger partial charge in [-0.2, -0.15) is 0 Å². The van der Waals surface area contributed by atoms with Crippen LogP contribution in [0.4, 0.5) is 0 Å². The van der Waals surface area contributed by atoms with Crippen molar-refractivity contribution in [2.75, 3.05) is 6.61 Å². The predicted octanol–water partition coefficient (Wildman–Crippen LogP) is 3.38. The first-order valence-electron chi connectivity index (χ1n) is 8.56. The fraction of sp³-hybridized carbons (Fsp3) is 0.158. The highest BCUT2D eigenvalue weighted by Gasteiger charge is 2.32. The van der Waals surface area contributed by atoms with E-state index in [1.165, 1.54) is 0 Å². The van der Waals surface area contributed by atoms with Gasteiger partial charge in [-0.3, -0.25) is 4.98 Å². The summed E-state index contributed by atoms with van der Waals surface area (Å²) in [7, 11) is 0. The number of fused-ring (bicyclic) bond motifs is 1. The first-order chi connectivity index (χ1) is 14.0. The number of hydrogen-bond acceptors (Lipinski definition) is 6. The second kappa shape index (κ2) is 9.69. The number of benzene rings is 2. The molecule has 1 aromatic heterocycles. The molecular weight excluding hydrogens is 444 g/mol. The van der Waals surface area contributed by atoms with Gasteiger partial charge in [-0.1, -0.05) is 45.4 Å². The Labute approximate surface area is 174 Å². The SMILES string of the molecule is Brc1ccc(CO/N=C2/c3ccccc3OCC2[n+]2cc[nH]c2)cc1.O=[N+]([O-])[O-]. The second-order valence-corrected chi connectivity index (χ2v) is 6.90. The zero-order valence-corrected chi connectivity index (χ0v) is 16.7. The molecule has 0 spiro atoms. The quantitative estimate of drug-likeness (QED) is 0.363. The molecule has 0 radical (unpaired) electrons. The topological polar surface area (TPSA) is 117 Å². The largest absolute Gasteiger partial charge is 0.488 e. The van der Waals surface area contributed by atoms with E-state index in [0.29, 0.717) is 13.2 Å². The fourth-order valence-electron chi connectivity index (χ4n) is 2.82. The Morgan fingerprint density at radius 2 is 1.97 bits per heavy atom. The lowest BCUT2D eigenvalue weighted by Crippen LogP contribution is -2.48. The van der Waals surface area contributed by atoms with Crippen LogP contribution < -0.4 is 9.30 Å². The van der Waals surface area contributed by atoms with Gasteiger partial charge in [-0.25, -0.2) is 4.57 Å². The number of hydrogen-bond donors (Lipinski definition) is 1. The van der Waals surface area contributed by atoms with Gasteiger partial charge in [0.1, 0.15) is 37.1 Å². The first-order valence-corrected chi connectivity index (χ1v) is 9.35. The zero-order chi connectivity index (χ0) is 20.6. The third-order valence-corrected chi connectivity index (χ3v) is 4.64. The van der Waals surface area contributed by atoms with E-state index in [2.05, 4.69) is 26.1 Å². The number of halogens is 1. The highest BCUT2D eigenvalue weighted by atomic mass is 79.9. The Morgan fingerprint density at radius 1 is 1.24 bits per heavy atom. The van der Waals surface area contributed by atoms with E-state index < -0.39 is 5.09 Å². The van der Waals surface area contributed by atoms with Crippen LogP contribution in [0, 0.1) is 15.3 Å². The van der Waals surface area contributed by atoms with Crippen LogP contribution in [0.15, 0.2) is 76.9 Å². The average Bonchev–Trinajstić information content (AvgIpc) is 3.24. The van der Waals surface area contributed by atoms with Crippen LogP contribution in [0.5, 0.6) is 5.75 Å². The number of para-hydroxylation sites is 1. The number of aromatic nitrogens is 2. The van der Waals surface area contributed by atoms with Gasteiger partial charge < -0.3 is 24.9 Å². The molecule has 10 heteroatoms. The van der Waals surface area contributed by atoms with E-state index in [-0.39, 0.29) is 6.04 Å². The van der Waals surface area contributed by atoms with E-state index in [1.54, 1.807) is 0 Å². The lowest BCUT2D eigenvalue weighted by molar-refractivity contribution is -0.706.